The summed E-state index contributed by atoms with van der Waals surface area (Å²) in [5.41, 5.74) is 5.30. The van der Waals surface area contributed by atoms with Gasteiger partial charge < -0.3 is 4.90 Å². The molecule has 2 aromatic carbocycles. The van der Waals surface area contributed by atoms with Gasteiger partial charge in [-0.3, -0.25) is 4.79 Å². The van der Waals surface area contributed by atoms with Gasteiger partial charge in [-0.05, 0) is 54.8 Å². The molecule has 25 heavy (non-hydrogen) atoms. The predicted molar refractivity (Wildman–Crippen MR) is 108 cm³/mol. The zero-order valence-corrected chi connectivity index (χ0v) is 16.3. The predicted octanol–water partition coefficient (Wildman–Crippen LogP) is 4.84. The van der Waals surface area contributed by atoms with Gasteiger partial charge in [-0.25, -0.2) is 5.43 Å². The molecule has 1 amide bonds. The van der Waals surface area contributed by atoms with Crippen LogP contribution in [0.15, 0.2) is 58.1 Å². The molecular weight excluding hydrogens is 378 g/mol. The Morgan fingerprint density at radius 2 is 1.64 bits per heavy atom. The van der Waals surface area contributed by atoms with Crippen LogP contribution in [0.25, 0.3) is 0 Å². The minimum atomic E-state index is -0.225. The van der Waals surface area contributed by atoms with E-state index in [1.165, 1.54) is 5.69 Å². The van der Waals surface area contributed by atoms with E-state index in [0.717, 1.165) is 36.0 Å². The van der Waals surface area contributed by atoms with Gasteiger partial charge in [0.05, 0.1) is 6.21 Å². The fourth-order valence-corrected chi connectivity index (χ4v) is 2.78. The highest BCUT2D eigenvalue weighted by Crippen LogP contribution is 2.15. The van der Waals surface area contributed by atoms with Crippen LogP contribution in [-0.2, 0) is 0 Å². The van der Waals surface area contributed by atoms with Crippen molar-refractivity contribution in [3.8, 4) is 0 Å². The number of rotatable bonds is 8. The summed E-state index contributed by atoms with van der Waals surface area (Å²) in [5, 5.41) is 4.04. The summed E-state index contributed by atoms with van der Waals surface area (Å²) in [5.74, 6) is -0.225. The van der Waals surface area contributed by atoms with Crippen molar-refractivity contribution in [2.75, 3.05) is 18.0 Å². The van der Waals surface area contributed by atoms with Gasteiger partial charge in [0.2, 0.25) is 0 Å². The molecular formula is C20H24BrN3O. The van der Waals surface area contributed by atoms with Crippen LogP contribution in [0.2, 0.25) is 0 Å². The summed E-state index contributed by atoms with van der Waals surface area (Å²) < 4.78 is 0.938. The van der Waals surface area contributed by atoms with E-state index < -0.39 is 0 Å². The van der Waals surface area contributed by atoms with Crippen LogP contribution in [0.3, 0.4) is 0 Å². The van der Waals surface area contributed by atoms with Crippen LogP contribution >= 0.6 is 15.9 Å². The van der Waals surface area contributed by atoms with Crippen LogP contribution < -0.4 is 10.3 Å². The van der Waals surface area contributed by atoms with Crippen molar-refractivity contribution in [2.45, 2.75) is 26.7 Å². The zero-order valence-electron chi connectivity index (χ0n) is 14.7. The second-order valence-corrected chi connectivity index (χ2v) is 6.70. The number of carbonyl (C=O) groups excluding carboxylic acids is 1. The third-order valence-corrected chi connectivity index (χ3v) is 4.26. The molecule has 2 rings (SSSR count). The Morgan fingerprint density at radius 1 is 1.04 bits per heavy atom. The van der Waals surface area contributed by atoms with Crippen molar-refractivity contribution in [1.82, 2.24) is 5.43 Å². The Balaban J connectivity index is 1.94. The highest BCUT2D eigenvalue weighted by atomic mass is 79.9. The molecule has 0 heterocycles. The van der Waals surface area contributed by atoms with Gasteiger partial charge in [-0.15, -0.1) is 0 Å². The molecule has 0 saturated heterocycles. The fourth-order valence-electron chi connectivity index (χ4n) is 2.51. The lowest BCUT2D eigenvalue weighted by molar-refractivity contribution is 0.0955. The van der Waals surface area contributed by atoms with Crippen LogP contribution in [0.1, 0.15) is 42.6 Å². The summed E-state index contributed by atoms with van der Waals surface area (Å²) in [7, 11) is 0. The Morgan fingerprint density at radius 3 is 2.20 bits per heavy atom. The highest BCUT2D eigenvalue weighted by Gasteiger charge is 2.04. The molecule has 2 aromatic rings. The van der Waals surface area contributed by atoms with Gasteiger partial charge in [0.25, 0.3) is 5.91 Å². The maximum atomic E-state index is 12.0. The molecule has 0 aliphatic carbocycles. The van der Waals surface area contributed by atoms with Crippen molar-refractivity contribution in [3.05, 3.63) is 64.1 Å². The van der Waals surface area contributed by atoms with Gasteiger partial charge in [0.15, 0.2) is 0 Å². The average molecular weight is 402 g/mol. The lowest BCUT2D eigenvalue weighted by Gasteiger charge is -2.23. The normalized spacial score (nSPS) is 10.8. The smallest absolute Gasteiger partial charge is 0.271 e. The quantitative estimate of drug-likeness (QED) is 0.507. The number of carbonyl (C=O) groups is 1. The minimum Gasteiger partial charge on any atom is -0.372 e. The summed E-state index contributed by atoms with van der Waals surface area (Å²) in [6.07, 6.45) is 3.92. The molecule has 132 valence electrons. The Labute approximate surface area is 158 Å². The second-order valence-electron chi connectivity index (χ2n) is 5.78. The molecule has 0 aliphatic heterocycles. The Bertz CT molecular complexity index is 690. The average Bonchev–Trinajstić information content (AvgIpc) is 2.62. The van der Waals surface area contributed by atoms with Gasteiger partial charge >= 0.3 is 0 Å². The molecule has 4 nitrogen and oxygen atoms in total. The number of anilines is 1. The van der Waals surface area contributed by atoms with E-state index >= 15 is 0 Å². The lowest BCUT2D eigenvalue weighted by Crippen LogP contribution is -2.24. The first-order valence-corrected chi connectivity index (χ1v) is 9.37. The molecule has 0 aromatic heterocycles. The van der Waals surface area contributed by atoms with E-state index in [1.54, 1.807) is 18.3 Å². The number of halogens is 1. The second kappa shape index (κ2) is 9.99. The van der Waals surface area contributed by atoms with Gasteiger partial charge in [-0.2, -0.15) is 5.10 Å². The molecule has 1 N–H and O–H groups in total. The van der Waals surface area contributed by atoms with Crippen LogP contribution in [-0.4, -0.2) is 25.2 Å². The van der Waals surface area contributed by atoms with Crippen molar-refractivity contribution in [2.24, 2.45) is 5.10 Å². The highest BCUT2D eigenvalue weighted by molar-refractivity contribution is 9.10. The zero-order chi connectivity index (χ0) is 18.1. The standard InChI is InChI=1S/C20H24BrN3O/c1-3-13-24(14-4-2)19-11-5-16(6-12-19)15-22-23-20(25)17-7-9-18(21)10-8-17/h5-12,15H,3-4,13-14H2,1-2H3,(H,23,25)/b22-15-. The first-order chi connectivity index (χ1) is 12.1. The van der Waals surface area contributed by atoms with Crippen molar-refractivity contribution in [1.29, 1.82) is 0 Å². The van der Waals surface area contributed by atoms with Crippen molar-refractivity contribution < 1.29 is 4.79 Å². The van der Waals surface area contributed by atoms with E-state index in [1.807, 2.05) is 24.3 Å². The molecule has 0 bridgehead atoms. The summed E-state index contributed by atoms with van der Waals surface area (Å²) in [6.45, 7) is 6.50. The molecule has 0 radical (unpaired) electrons. The van der Waals surface area contributed by atoms with E-state index in [2.05, 4.69) is 57.3 Å². The molecule has 0 saturated carbocycles. The number of hydrogen-bond donors (Lipinski definition) is 1. The Hall–Kier alpha value is -2.14. The summed E-state index contributed by atoms with van der Waals surface area (Å²) in [6, 6.07) is 15.4. The maximum Gasteiger partial charge on any atom is 0.271 e. The van der Waals surface area contributed by atoms with Crippen molar-refractivity contribution in [3.63, 3.8) is 0 Å². The number of hydrogen-bond acceptors (Lipinski definition) is 3. The van der Waals surface area contributed by atoms with Crippen LogP contribution in [0, 0.1) is 0 Å². The number of hydrazone groups is 1. The van der Waals surface area contributed by atoms with Crippen LogP contribution in [0.5, 0.6) is 0 Å². The molecule has 0 atom stereocenters. The van der Waals surface area contributed by atoms with Gasteiger partial charge in [0.1, 0.15) is 0 Å². The maximum absolute atomic E-state index is 12.0. The Kier molecular flexibility index (Phi) is 7.67. The van der Waals surface area contributed by atoms with Crippen LogP contribution in [0.4, 0.5) is 5.69 Å². The molecule has 0 fully saturated rings. The van der Waals surface area contributed by atoms with Crippen molar-refractivity contribution >= 4 is 33.7 Å². The van der Waals surface area contributed by atoms with E-state index in [-0.39, 0.29) is 5.91 Å². The number of nitrogens with zero attached hydrogens (tertiary/aromatic N) is 2. The van der Waals surface area contributed by atoms with Gasteiger partial charge in [0, 0.05) is 28.8 Å². The number of amides is 1. The fraction of sp³-hybridized carbons (Fsp3) is 0.300. The SMILES string of the molecule is CCCN(CCC)c1ccc(/C=N\NC(=O)c2ccc(Br)cc2)cc1. The van der Waals surface area contributed by atoms with E-state index in [4.69, 9.17) is 0 Å². The number of nitrogens with one attached hydrogen (secondary N) is 1. The third-order valence-electron chi connectivity index (χ3n) is 3.73. The first kappa shape index (κ1) is 19.2. The topological polar surface area (TPSA) is 44.7 Å². The molecule has 5 heteroatoms. The summed E-state index contributed by atoms with van der Waals surface area (Å²) >= 11 is 3.35. The van der Waals surface area contributed by atoms with E-state index in [0.29, 0.717) is 5.56 Å². The van der Waals surface area contributed by atoms with Gasteiger partial charge in [-0.1, -0.05) is 41.9 Å². The molecule has 0 aliphatic rings. The van der Waals surface area contributed by atoms with E-state index in [9.17, 15) is 4.79 Å². The minimum absolute atomic E-state index is 0.225. The first-order valence-electron chi connectivity index (χ1n) is 8.58. The molecule has 0 unspecified atom stereocenters. The number of benzene rings is 2. The largest absolute Gasteiger partial charge is 0.372 e. The lowest BCUT2D eigenvalue weighted by atomic mass is 10.2. The summed E-state index contributed by atoms with van der Waals surface area (Å²) in [4.78, 5) is 14.4. The third kappa shape index (κ3) is 6.02. The molecule has 0 spiro atoms. The monoisotopic (exact) mass is 401 g/mol.